The maximum Gasteiger partial charge on any atom is 0.313 e. The second-order valence-electron chi connectivity index (χ2n) is 8.09. The molecule has 0 saturated carbocycles. The molecule has 0 spiro atoms. The van der Waals surface area contributed by atoms with Crippen molar-refractivity contribution in [3.05, 3.63) is 62.7 Å². The minimum Gasteiger partial charge on any atom is -0.469 e. The molecule has 1 saturated heterocycles. The highest BCUT2D eigenvalue weighted by molar-refractivity contribution is 7.13. The summed E-state index contributed by atoms with van der Waals surface area (Å²) >= 11 is 7.90. The van der Waals surface area contributed by atoms with Crippen LogP contribution in [0.4, 0.5) is 11.5 Å². The molecule has 0 aliphatic carbocycles. The number of rotatable bonds is 7. The number of nitro benzene ring substituents is 1. The molecule has 1 aromatic heterocycles. The van der Waals surface area contributed by atoms with Crippen LogP contribution < -0.4 is 4.90 Å². The van der Waals surface area contributed by atoms with Crippen molar-refractivity contribution < 1.29 is 14.5 Å². The van der Waals surface area contributed by atoms with Crippen molar-refractivity contribution in [2.45, 2.75) is 19.3 Å². The van der Waals surface area contributed by atoms with Crippen LogP contribution in [-0.2, 0) is 16.0 Å². The van der Waals surface area contributed by atoms with Gasteiger partial charge in [0.2, 0.25) is 0 Å². The first-order chi connectivity index (χ1) is 15.9. The quantitative estimate of drug-likeness (QED) is 0.275. The maximum atomic E-state index is 12.0. The first kappa shape index (κ1) is 23.4. The Kier molecular flexibility index (Phi) is 7.11. The monoisotopic (exact) mass is 488 g/mol. The van der Waals surface area contributed by atoms with E-state index in [0.29, 0.717) is 17.0 Å². The Bertz CT molecular complexity index is 1180. The van der Waals surface area contributed by atoms with Crippen molar-refractivity contribution in [1.82, 2.24) is 9.27 Å². The molecule has 174 valence electrons. The van der Waals surface area contributed by atoms with Crippen LogP contribution in [0.2, 0.25) is 5.02 Å². The number of benzene rings is 2. The van der Waals surface area contributed by atoms with Crippen LogP contribution in [-0.4, -0.2) is 60.0 Å². The molecule has 1 unspecified atom stereocenters. The number of nitro groups is 1. The predicted molar refractivity (Wildman–Crippen MR) is 131 cm³/mol. The second-order valence-corrected chi connectivity index (χ2v) is 9.30. The van der Waals surface area contributed by atoms with Gasteiger partial charge in [-0.1, -0.05) is 23.7 Å². The van der Waals surface area contributed by atoms with Crippen molar-refractivity contribution in [3.63, 3.8) is 0 Å². The van der Waals surface area contributed by atoms with E-state index in [1.165, 1.54) is 34.8 Å². The minimum atomic E-state index is -0.747. The summed E-state index contributed by atoms with van der Waals surface area (Å²) in [5, 5.41) is 13.0. The van der Waals surface area contributed by atoms with Gasteiger partial charge in [0.1, 0.15) is 5.82 Å². The number of carbonyl (C=O) groups is 1. The molecule has 1 fully saturated rings. The summed E-state index contributed by atoms with van der Waals surface area (Å²) in [5.41, 5.74) is 0.957. The molecule has 1 aliphatic rings. The van der Waals surface area contributed by atoms with E-state index < -0.39 is 16.8 Å². The van der Waals surface area contributed by atoms with E-state index in [2.05, 4.69) is 26.3 Å². The Labute approximate surface area is 201 Å². The van der Waals surface area contributed by atoms with Crippen LogP contribution in [0, 0.1) is 10.1 Å². The Morgan fingerprint density at radius 2 is 2.00 bits per heavy atom. The summed E-state index contributed by atoms with van der Waals surface area (Å²) in [4.78, 5) is 27.7. The first-order valence-corrected chi connectivity index (χ1v) is 11.9. The van der Waals surface area contributed by atoms with Gasteiger partial charge >= 0.3 is 5.97 Å². The number of piperazine rings is 1. The number of hydrogen-bond acceptors (Lipinski definition) is 8. The largest absolute Gasteiger partial charge is 0.469 e. The van der Waals surface area contributed by atoms with E-state index in [9.17, 15) is 14.9 Å². The van der Waals surface area contributed by atoms with Gasteiger partial charge in [-0.2, -0.15) is 4.37 Å². The lowest BCUT2D eigenvalue weighted by molar-refractivity contribution is -0.385. The molecule has 1 aliphatic heterocycles. The number of halogens is 1. The summed E-state index contributed by atoms with van der Waals surface area (Å²) in [7, 11) is 1.27. The van der Waals surface area contributed by atoms with E-state index in [4.69, 9.17) is 16.3 Å². The molecular weight excluding hydrogens is 464 g/mol. The minimum absolute atomic E-state index is 0.161. The van der Waals surface area contributed by atoms with E-state index in [1.54, 1.807) is 13.0 Å². The van der Waals surface area contributed by atoms with Gasteiger partial charge in [-0.3, -0.25) is 19.8 Å². The van der Waals surface area contributed by atoms with Gasteiger partial charge in [-0.25, -0.2) is 0 Å². The van der Waals surface area contributed by atoms with E-state index in [-0.39, 0.29) is 5.69 Å². The molecule has 4 rings (SSSR count). The van der Waals surface area contributed by atoms with Crippen LogP contribution in [0.5, 0.6) is 0 Å². The van der Waals surface area contributed by atoms with Crippen molar-refractivity contribution in [3.8, 4) is 0 Å². The highest BCUT2D eigenvalue weighted by Gasteiger charge is 2.27. The van der Waals surface area contributed by atoms with Gasteiger partial charge in [-0.05, 0) is 48.6 Å². The van der Waals surface area contributed by atoms with Crippen LogP contribution in [0.25, 0.3) is 10.1 Å². The molecule has 10 heteroatoms. The molecule has 33 heavy (non-hydrogen) atoms. The second kappa shape index (κ2) is 10.0. The molecule has 1 atom stereocenters. The molecule has 2 heterocycles. The lowest BCUT2D eigenvalue weighted by atomic mass is 9.96. The topological polar surface area (TPSA) is 88.8 Å². The highest BCUT2D eigenvalue weighted by atomic mass is 35.5. The SMILES string of the molecule is COC(=O)C(C)c1cc(CCN2CCN(c3nsc4ccccc34)CC2)c(Cl)cc1[N+](=O)[O-]. The number of carbonyl (C=O) groups excluding carboxylic acids is 1. The van der Waals surface area contributed by atoms with Gasteiger partial charge in [0.15, 0.2) is 0 Å². The van der Waals surface area contributed by atoms with Crippen molar-refractivity contribution in [2.75, 3.05) is 44.7 Å². The molecular formula is C23H25ClN4O4S. The average molecular weight is 489 g/mol. The zero-order valence-corrected chi connectivity index (χ0v) is 20.1. The van der Waals surface area contributed by atoms with Crippen molar-refractivity contribution in [1.29, 1.82) is 0 Å². The Balaban J connectivity index is 1.42. The third-order valence-electron chi connectivity index (χ3n) is 6.14. The number of anilines is 1. The normalized spacial score (nSPS) is 15.5. The number of esters is 1. The van der Waals surface area contributed by atoms with Crippen LogP contribution in [0.1, 0.15) is 24.0 Å². The Hall–Kier alpha value is -2.75. The molecule has 0 amide bonds. The highest BCUT2D eigenvalue weighted by Crippen LogP contribution is 2.33. The first-order valence-electron chi connectivity index (χ1n) is 10.7. The fourth-order valence-corrected chi connectivity index (χ4v) is 5.24. The molecule has 0 N–H and O–H groups in total. The lowest BCUT2D eigenvalue weighted by Crippen LogP contribution is -2.47. The molecule has 0 radical (unpaired) electrons. The average Bonchev–Trinajstić information content (AvgIpc) is 3.26. The predicted octanol–water partition coefficient (Wildman–Crippen LogP) is 4.50. The van der Waals surface area contributed by atoms with Crippen LogP contribution >= 0.6 is 23.1 Å². The van der Waals surface area contributed by atoms with Crippen LogP contribution in [0.15, 0.2) is 36.4 Å². The summed E-state index contributed by atoms with van der Waals surface area (Å²) in [6.45, 7) is 5.92. The fraction of sp³-hybridized carbons (Fsp3) is 0.391. The number of hydrogen-bond donors (Lipinski definition) is 0. The van der Waals surface area contributed by atoms with Gasteiger partial charge in [-0.15, -0.1) is 0 Å². The number of ether oxygens (including phenoxy) is 1. The van der Waals surface area contributed by atoms with Crippen LogP contribution in [0.3, 0.4) is 0 Å². The van der Waals surface area contributed by atoms with Gasteiger partial charge in [0.05, 0.1) is 27.7 Å². The third-order valence-corrected chi connectivity index (χ3v) is 7.31. The Morgan fingerprint density at radius 3 is 2.70 bits per heavy atom. The van der Waals surface area contributed by atoms with Crippen molar-refractivity contribution in [2.24, 2.45) is 0 Å². The molecule has 3 aromatic rings. The standard InChI is InChI=1S/C23H25ClN4O4S/c1-15(23(29)32-2)18-13-16(19(24)14-20(18)28(30)31)7-8-26-9-11-27(12-10-26)22-17-5-3-4-6-21(17)33-25-22/h3-6,13-15H,7-12H2,1-2H3. The maximum absolute atomic E-state index is 12.0. The summed E-state index contributed by atoms with van der Waals surface area (Å²) in [6, 6.07) is 11.3. The third kappa shape index (κ3) is 4.95. The summed E-state index contributed by atoms with van der Waals surface area (Å²) < 4.78 is 10.6. The molecule has 8 nitrogen and oxygen atoms in total. The van der Waals surface area contributed by atoms with E-state index >= 15 is 0 Å². The van der Waals surface area contributed by atoms with Crippen molar-refractivity contribution >= 4 is 50.7 Å². The smallest absolute Gasteiger partial charge is 0.313 e. The lowest BCUT2D eigenvalue weighted by Gasteiger charge is -2.35. The Morgan fingerprint density at radius 1 is 1.27 bits per heavy atom. The van der Waals surface area contributed by atoms with Gasteiger partial charge in [0.25, 0.3) is 5.69 Å². The zero-order chi connectivity index (χ0) is 23.5. The zero-order valence-electron chi connectivity index (χ0n) is 18.5. The summed E-state index contributed by atoms with van der Waals surface area (Å²) in [6.07, 6.45) is 0.636. The number of nitrogens with zero attached hydrogens (tertiary/aromatic N) is 4. The van der Waals surface area contributed by atoms with Gasteiger partial charge in [0, 0.05) is 49.7 Å². The van der Waals surface area contributed by atoms with E-state index in [0.717, 1.165) is 44.1 Å². The van der Waals surface area contributed by atoms with E-state index in [1.807, 2.05) is 12.1 Å². The number of fused-ring (bicyclic) bond motifs is 1. The fourth-order valence-electron chi connectivity index (χ4n) is 4.19. The number of methoxy groups -OCH3 is 1. The molecule has 2 aromatic carbocycles. The van der Waals surface area contributed by atoms with Gasteiger partial charge < -0.3 is 9.64 Å². The molecule has 0 bridgehead atoms. The summed E-state index contributed by atoms with van der Waals surface area (Å²) in [5.74, 6) is -0.213. The number of aromatic nitrogens is 1.